The molecule has 1 saturated heterocycles. The molecule has 146 valence electrons. The fourth-order valence-corrected chi connectivity index (χ4v) is 4.78. The fourth-order valence-electron chi connectivity index (χ4n) is 3.34. The largest absolute Gasteiger partial charge is 0.494 e. The summed E-state index contributed by atoms with van der Waals surface area (Å²) in [7, 11) is -3.50. The van der Waals surface area contributed by atoms with Crippen LogP contribution in [0, 0.1) is 0 Å². The second-order valence-corrected chi connectivity index (χ2v) is 8.63. The van der Waals surface area contributed by atoms with Gasteiger partial charge in [0.2, 0.25) is 10.0 Å². The molecule has 0 spiro atoms. The fraction of sp³-hybridized carbons (Fsp3) is 0.400. The first-order valence-electron chi connectivity index (χ1n) is 9.30. The second kappa shape index (κ2) is 8.84. The van der Waals surface area contributed by atoms with Crippen LogP contribution in [0.2, 0.25) is 0 Å². The van der Waals surface area contributed by atoms with E-state index >= 15 is 0 Å². The van der Waals surface area contributed by atoms with Crippen LogP contribution in [0.5, 0.6) is 5.75 Å². The number of quaternary nitrogens is 1. The Bertz CT molecular complexity index is 817. The van der Waals surface area contributed by atoms with Crippen LogP contribution in [0.1, 0.15) is 18.6 Å². The van der Waals surface area contributed by atoms with E-state index in [1.54, 1.807) is 24.3 Å². The van der Waals surface area contributed by atoms with Gasteiger partial charge in [0.05, 0.1) is 37.7 Å². The van der Waals surface area contributed by atoms with Gasteiger partial charge in [-0.15, -0.1) is 0 Å². The number of nitrogens with zero attached hydrogens (tertiary/aromatic N) is 1. The molecule has 1 atom stereocenters. The predicted octanol–water partition coefficient (Wildman–Crippen LogP) is 0.708. The lowest BCUT2D eigenvalue weighted by Crippen LogP contribution is -3.15. The lowest BCUT2D eigenvalue weighted by molar-refractivity contribution is -0.907. The predicted molar refractivity (Wildman–Crippen MR) is 103 cm³/mol. The van der Waals surface area contributed by atoms with Gasteiger partial charge in [-0.3, -0.25) is 0 Å². The number of sulfonamides is 1. The summed E-state index contributed by atoms with van der Waals surface area (Å²) in [5, 5.41) is 10.4. The summed E-state index contributed by atoms with van der Waals surface area (Å²) in [5.41, 5.74) is 0.898. The first-order valence-corrected chi connectivity index (χ1v) is 10.7. The van der Waals surface area contributed by atoms with E-state index in [9.17, 15) is 13.5 Å². The maximum absolute atomic E-state index is 12.8. The van der Waals surface area contributed by atoms with Crippen LogP contribution in [0.3, 0.4) is 0 Å². The molecule has 1 aliphatic heterocycles. The van der Waals surface area contributed by atoms with Crippen LogP contribution in [0.15, 0.2) is 59.5 Å². The molecule has 0 aliphatic carbocycles. The molecule has 0 aromatic heterocycles. The van der Waals surface area contributed by atoms with Crippen LogP contribution in [0.4, 0.5) is 0 Å². The molecule has 0 bridgehead atoms. The van der Waals surface area contributed by atoms with Crippen molar-refractivity contribution in [1.29, 1.82) is 0 Å². The number of piperazine rings is 1. The van der Waals surface area contributed by atoms with E-state index in [2.05, 4.69) is 0 Å². The van der Waals surface area contributed by atoms with Crippen molar-refractivity contribution in [2.75, 3.05) is 39.3 Å². The number of ether oxygens (including phenoxy) is 1. The molecule has 1 aliphatic rings. The Kier molecular flexibility index (Phi) is 6.49. The maximum atomic E-state index is 12.8. The van der Waals surface area contributed by atoms with Gasteiger partial charge in [0.25, 0.3) is 0 Å². The van der Waals surface area contributed by atoms with E-state index in [4.69, 9.17) is 4.74 Å². The van der Waals surface area contributed by atoms with Crippen LogP contribution < -0.4 is 9.64 Å². The highest BCUT2D eigenvalue weighted by atomic mass is 32.2. The summed E-state index contributed by atoms with van der Waals surface area (Å²) in [6.07, 6.45) is -0.532. The zero-order valence-electron chi connectivity index (χ0n) is 15.5. The summed E-state index contributed by atoms with van der Waals surface area (Å²) >= 11 is 0. The Hall–Kier alpha value is -1.93. The molecule has 2 N–H and O–H groups in total. The van der Waals surface area contributed by atoms with Crippen LogP contribution in [-0.4, -0.2) is 57.2 Å². The van der Waals surface area contributed by atoms with Gasteiger partial charge in [-0.2, -0.15) is 4.31 Å². The normalized spacial score (nSPS) is 17.6. The smallest absolute Gasteiger partial charge is 0.243 e. The first kappa shape index (κ1) is 19.8. The van der Waals surface area contributed by atoms with Crippen molar-refractivity contribution in [3.63, 3.8) is 0 Å². The molecular weight excluding hydrogens is 364 g/mol. The molecule has 6 nitrogen and oxygen atoms in total. The molecule has 7 heteroatoms. The second-order valence-electron chi connectivity index (χ2n) is 6.69. The van der Waals surface area contributed by atoms with Crippen molar-refractivity contribution in [2.24, 2.45) is 0 Å². The molecular formula is C20H27N2O4S+. The van der Waals surface area contributed by atoms with Crippen molar-refractivity contribution in [2.45, 2.75) is 17.9 Å². The molecule has 2 aromatic carbocycles. The van der Waals surface area contributed by atoms with Gasteiger partial charge in [-0.1, -0.05) is 30.3 Å². The molecule has 0 radical (unpaired) electrons. The summed E-state index contributed by atoms with van der Waals surface area (Å²) < 4.78 is 32.6. The van der Waals surface area contributed by atoms with Gasteiger partial charge in [-0.05, 0) is 36.8 Å². The summed E-state index contributed by atoms with van der Waals surface area (Å²) in [6.45, 7) is 5.28. The quantitative estimate of drug-likeness (QED) is 0.729. The molecule has 0 unspecified atom stereocenters. The maximum Gasteiger partial charge on any atom is 0.243 e. The van der Waals surface area contributed by atoms with Gasteiger partial charge in [-0.25, -0.2) is 8.42 Å². The number of hydrogen-bond donors (Lipinski definition) is 2. The minimum atomic E-state index is -3.50. The lowest BCUT2D eigenvalue weighted by atomic mass is 10.1. The number of nitrogens with one attached hydrogen (secondary N) is 1. The lowest BCUT2D eigenvalue weighted by Gasteiger charge is -2.32. The number of hydrogen-bond acceptors (Lipinski definition) is 4. The monoisotopic (exact) mass is 391 g/mol. The highest BCUT2D eigenvalue weighted by Crippen LogP contribution is 2.19. The van der Waals surface area contributed by atoms with Gasteiger partial charge >= 0.3 is 0 Å². The number of benzene rings is 2. The van der Waals surface area contributed by atoms with Crippen LogP contribution in [0.25, 0.3) is 0 Å². The number of rotatable bonds is 7. The molecule has 1 fully saturated rings. The van der Waals surface area contributed by atoms with Crippen molar-refractivity contribution in [3.05, 3.63) is 60.2 Å². The first-order chi connectivity index (χ1) is 13.0. The molecule has 0 amide bonds. The summed E-state index contributed by atoms with van der Waals surface area (Å²) in [4.78, 5) is 1.50. The zero-order chi connectivity index (χ0) is 19.3. The summed E-state index contributed by atoms with van der Waals surface area (Å²) in [6, 6.07) is 16.1. The molecule has 2 aromatic rings. The van der Waals surface area contributed by atoms with Crippen LogP contribution >= 0.6 is 0 Å². The van der Waals surface area contributed by atoms with E-state index in [1.807, 2.05) is 37.3 Å². The topological polar surface area (TPSA) is 71.3 Å². The Morgan fingerprint density at radius 1 is 1.07 bits per heavy atom. The van der Waals surface area contributed by atoms with Crippen molar-refractivity contribution in [1.82, 2.24) is 4.31 Å². The van der Waals surface area contributed by atoms with E-state index in [-0.39, 0.29) is 0 Å². The average molecular weight is 392 g/mol. The van der Waals surface area contributed by atoms with Gasteiger partial charge < -0.3 is 14.7 Å². The third-order valence-corrected chi connectivity index (χ3v) is 6.78. The van der Waals surface area contributed by atoms with Gasteiger partial charge in [0, 0.05) is 0 Å². The minimum absolute atomic E-state index is 0.290. The van der Waals surface area contributed by atoms with Crippen LogP contribution in [-0.2, 0) is 10.0 Å². The Labute approximate surface area is 161 Å². The highest BCUT2D eigenvalue weighted by Gasteiger charge is 2.31. The van der Waals surface area contributed by atoms with Crippen molar-refractivity contribution >= 4 is 10.0 Å². The van der Waals surface area contributed by atoms with E-state index in [0.29, 0.717) is 50.0 Å². The van der Waals surface area contributed by atoms with Crippen molar-refractivity contribution in [3.8, 4) is 5.75 Å². The molecule has 0 saturated carbocycles. The Balaban J connectivity index is 1.57. The zero-order valence-corrected chi connectivity index (χ0v) is 16.4. The van der Waals surface area contributed by atoms with E-state index in [0.717, 1.165) is 5.56 Å². The third kappa shape index (κ3) is 4.87. The Morgan fingerprint density at radius 3 is 2.30 bits per heavy atom. The SMILES string of the molecule is CCOc1ccc(S(=O)(=O)N2CC[NH+](C[C@H](O)c3ccccc3)CC2)cc1. The number of aliphatic hydroxyl groups excluding tert-OH is 1. The Morgan fingerprint density at radius 2 is 1.70 bits per heavy atom. The minimum Gasteiger partial charge on any atom is -0.494 e. The van der Waals surface area contributed by atoms with E-state index < -0.39 is 16.1 Å². The van der Waals surface area contributed by atoms with Gasteiger partial charge in [0.1, 0.15) is 18.4 Å². The average Bonchev–Trinajstić information content (AvgIpc) is 2.70. The molecule has 1 heterocycles. The van der Waals surface area contributed by atoms with Crippen molar-refractivity contribution < 1.29 is 23.2 Å². The third-order valence-electron chi connectivity index (χ3n) is 4.87. The molecule has 3 rings (SSSR count). The van der Waals surface area contributed by atoms with Gasteiger partial charge in [0.15, 0.2) is 0 Å². The standard InChI is InChI=1S/C20H26N2O4S/c1-2-26-18-8-10-19(11-9-18)27(24,25)22-14-12-21(13-15-22)16-20(23)17-6-4-3-5-7-17/h3-11,20,23H,2,12-16H2,1H3/p+1/t20-/m0/s1. The summed E-state index contributed by atoms with van der Waals surface area (Å²) in [5.74, 6) is 0.667. The van der Waals surface area contributed by atoms with E-state index in [1.165, 1.54) is 9.21 Å². The number of aliphatic hydroxyl groups is 1. The molecule has 27 heavy (non-hydrogen) atoms. The highest BCUT2D eigenvalue weighted by molar-refractivity contribution is 7.89.